The van der Waals surface area contributed by atoms with Gasteiger partial charge in [0.1, 0.15) is 0 Å². The van der Waals surface area contributed by atoms with E-state index in [0.29, 0.717) is 0 Å². The highest BCUT2D eigenvalue weighted by molar-refractivity contribution is 5.88. The third kappa shape index (κ3) is 3.21. The fourth-order valence-corrected chi connectivity index (χ4v) is 0.890. The minimum absolute atomic E-state index is 0.212. The molecule has 0 saturated carbocycles. The normalized spacial score (nSPS) is 12.4. The fraction of sp³-hybridized carbons (Fsp3) is 0.667. The van der Waals surface area contributed by atoms with Gasteiger partial charge in [0.05, 0.1) is 7.11 Å². The van der Waals surface area contributed by atoms with Crippen LogP contribution in [0.2, 0.25) is 0 Å². The summed E-state index contributed by atoms with van der Waals surface area (Å²) in [5.74, 6) is -0.212. The molecule has 0 bridgehead atoms. The molecule has 0 spiro atoms. The maximum absolute atomic E-state index is 10.9. The summed E-state index contributed by atoms with van der Waals surface area (Å²) in [7, 11) is 1.41. The van der Waals surface area contributed by atoms with Crippen molar-refractivity contribution in [2.24, 2.45) is 0 Å². The zero-order valence-corrected chi connectivity index (χ0v) is 7.73. The first-order chi connectivity index (χ1) is 5.13. The first-order valence-corrected chi connectivity index (χ1v) is 3.88. The maximum Gasteiger partial charge on any atom is 0.333 e. The predicted octanol–water partition coefficient (Wildman–Crippen LogP) is 2.30. The average Bonchev–Trinajstić information content (AvgIpc) is 2.02. The Bertz CT molecular complexity index is 168. The summed E-state index contributed by atoms with van der Waals surface area (Å²) in [6, 6.07) is 0. The van der Waals surface area contributed by atoms with Crippen LogP contribution in [0, 0.1) is 0 Å². The lowest BCUT2D eigenvalue weighted by atomic mass is 10.1. The number of carbonyl (C=O) groups excluding carboxylic acids is 1. The summed E-state index contributed by atoms with van der Waals surface area (Å²) in [6.45, 7) is 5.86. The first-order valence-electron chi connectivity index (χ1n) is 3.88. The van der Waals surface area contributed by atoms with Crippen molar-refractivity contribution >= 4 is 5.97 Å². The molecule has 0 fully saturated rings. The highest BCUT2D eigenvalue weighted by atomic mass is 16.5. The van der Waals surface area contributed by atoms with Gasteiger partial charge in [-0.25, -0.2) is 4.79 Å². The monoisotopic (exact) mass is 156 g/mol. The Kier molecular flexibility index (Phi) is 4.59. The minimum Gasteiger partial charge on any atom is -0.466 e. The molecule has 0 rings (SSSR count). The summed E-state index contributed by atoms with van der Waals surface area (Å²) >= 11 is 0. The van der Waals surface area contributed by atoms with E-state index in [1.807, 2.05) is 6.92 Å². The van der Waals surface area contributed by atoms with Gasteiger partial charge in [0.25, 0.3) is 0 Å². The van der Waals surface area contributed by atoms with E-state index in [1.165, 1.54) is 7.11 Å². The molecule has 2 heteroatoms. The number of hydrogen-bond donors (Lipinski definition) is 0. The van der Waals surface area contributed by atoms with Crippen LogP contribution in [0.1, 0.15) is 33.6 Å². The van der Waals surface area contributed by atoms with E-state index in [2.05, 4.69) is 11.7 Å². The van der Waals surface area contributed by atoms with E-state index in [1.54, 1.807) is 6.92 Å². The van der Waals surface area contributed by atoms with Crippen LogP contribution >= 0.6 is 0 Å². The van der Waals surface area contributed by atoms with Gasteiger partial charge in [-0.1, -0.05) is 18.9 Å². The van der Waals surface area contributed by atoms with Gasteiger partial charge in [0.15, 0.2) is 0 Å². The fourth-order valence-electron chi connectivity index (χ4n) is 0.890. The maximum atomic E-state index is 10.9. The molecule has 0 radical (unpaired) electrons. The molecule has 0 saturated heterocycles. The SMILES string of the molecule is CCC/C(C)=C(\C)C(=O)OC. The van der Waals surface area contributed by atoms with Crippen molar-refractivity contribution in [3.8, 4) is 0 Å². The van der Waals surface area contributed by atoms with Gasteiger partial charge >= 0.3 is 5.97 Å². The van der Waals surface area contributed by atoms with Crippen molar-refractivity contribution in [1.82, 2.24) is 0 Å². The lowest BCUT2D eigenvalue weighted by Gasteiger charge is -2.03. The Morgan fingerprint density at radius 2 is 1.91 bits per heavy atom. The third-order valence-corrected chi connectivity index (χ3v) is 1.76. The first kappa shape index (κ1) is 10.2. The zero-order chi connectivity index (χ0) is 8.85. The van der Waals surface area contributed by atoms with Gasteiger partial charge in [-0.2, -0.15) is 0 Å². The molecule has 0 amide bonds. The predicted molar refractivity (Wildman–Crippen MR) is 45.3 cm³/mol. The van der Waals surface area contributed by atoms with Gasteiger partial charge < -0.3 is 4.74 Å². The van der Waals surface area contributed by atoms with E-state index >= 15 is 0 Å². The molecule has 0 atom stereocenters. The Morgan fingerprint density at radius 1 is 1.36 bits per heavy atom. The minimum atomic E-state index is -0.212. The molecule has 0 aliphatic rings. The van der Waals surface area contributed by atoms with Gasteiger partial charge in [-0.15, -0.1) is 0 Å². The zero-order valence-electron chi connectivity index (χ0n) is 7.73. The molecule has 2 nitrogen and oxygen atoms in total. The van der Waals surface area contributed by atoms with Crippen molar-refractivity contribution < 1.29 is 9.53 Å². The van der Waals surface area contributed by atoms with Crippen LogP contribution in [0.3, 0.4) is 0 Å². The Hall–Kier alpha value is -0.790. The number of esters is 1. The molecule has 0 aromatic heterocycles. The van der Waals surface area contributed by atoms with E-state index < -0.39 is 0 Å². The van der Waals surface area contributed by atoms with Crippen molar-refractivity contribution in [1.29, 1.82) is 0 Å². The Balaban J connectivity index is 4.26. The van der Waals surface area contributed by atoms with Gasteiger partial charge in [-0.05, 0) is 20.3 Å². The van der Waals surface area contributed by atoms with Crippen LogP contribution < -0.4 is 0 Å². The third-order valence-electron chi connectivity index (χ3n) is 1.76. The van der Waals surface area contributed by atoms with Crippen molar-refractivity contribution in [3.05, 3.63) is 11.1 Å². The summed E-state index contributed by atoms with van der Waals surface area (Å²) in [4.78, 5) is 10.9. The summed E-state index contributed by atoms with van der Waals surface area (Å²) < 4.78 is 4.58. The van der Waals surface area contributed by atoms with E-state index in [-0.39, 0.29) is 5.97 Å². The van der Waals surface area contributed by atoms with Crippen LogP contribution in [0.4, 0.5) is 0 Å². The number of rotatable bonds is 3. The Morgan fingerprint density at radius 3 is 2.27 bits per heavy atom. The Labute approximate surface area is 68.2 Å². The van der Waals surface area contributed by atoms with E-state index in [0.717, 1.165) is 24.0 Å². The molecule has 0 aliphatic heterocycles. The number of carbonyl (C=O) groups is 1. The largest absolute Gasteiger partial charge is 0.466 e. The molecule has 0 heterocycles. The number of hydrogen-bond acceptors (Lipinski definition) is 2. The molecule has 11 heavy (non-hydrogen) atoms. The molecule has 64 valence electrons. The van der Waals surface area contributed by atoms with Crippen molar-refractivity contribution in [3.63, 3.8) is 0 Å². The van der Waals surface area contributed by atoms with Crippen LogP contribution in [0.5, 0.6) is 0 Å². The van der Waals surface area contributed by atoms with Crippen LogP contribution in [-0.4, -0.2) is 13.1 Å². The summed E-state index contributed by atoms with van der Waals surface area (Å²) in [5.41, 5.74) is 1.87. The highest BCUT2D eigenvalue weighted by Gasteiger charge is 2.05. The molecular formula is C9H16O2. The van der Waals surface area contributed by atoms with Crippen LogP contribution in [0.15, 0.2) is 11.1 Å². The quantitative estimate of drug-likeness (QED) is 0.463. The lowest BCUT2D eigenvalue weighted by Crippen LogP contribution is -2.03. The van der Waals surface area contributed by atoms with Crippen LogP contribution in [-0.2, 0) is 9.53 Å². The van der Waals surface area contributed by atoms with Crippen LogP contribution in [0.25, 0.3) is 0 Å². The molecule has 0 N–H and O–H groups in total. The summed E-state index contributed by atoms with van der Waals surface area (Å²) in [6.07, 6.45) is 2.04. The number of methoxy groups -OCH3 is 1. The molecule has 0 aromatic carbocycles. The second-order valence-corrected chi connectivity index (χ2v) is 2.65. The number of ether oxygens (including phenoxy) is 1. The molecule has 0 aliphatic carbocycles. The molecule has 0 aromatic rings. The van der Waals surface area contributed by atoms with Gasteiger partial charge in [-0.3, -0.25) is 0 Å². The smallest absolute Gasteiger partial charge is 0.333 e. The van der Waals surface area contributed by atoms with E-state index in [4.69, 9.17) is 0 Å². The van der Waals surface area contributed by atoms with Crippen molar-refractivity contribution in [2.45, 2.75) is 33.6 Å². The van der Waals surface area contributed by atoms with Gasteiger partial charge in [0, 0.05) is 5.57 Å². The van der Waals surface area contributed by atoms with Gasteiger partial charge in [0.2, 0.25) is 0 Å². The standard InChI is InChI=1S/C9H16O2/c1-5-6-7(2)8(3)9(10)11-4/h5-6H2,1-4H3/b8-7+. The second-order valence-electron chi connectivity index (χ2n) is 2.65. The van der Waals surface area contributed by atoms with Crippen molar-refractivity contribution in [2.75, 3.05) is 7.11 Å². The second kappa shape index (κ2) is 4.94. The lowest BCUT2D eigenvalue weighted by molar-refractivity contribution is -0.136. The molecule has 0 unspecified atom stereocenters. The highest BCUT2D eigenvalue weighted by Crippen LogP contribution is 2.10. The van der Waals surface area contributed by atoms with E-state index in [9.17, 15) is 4.79 Å². The molecular weight excluding hydrogens is 140 g/mol. The topological polar surface area (TPSA) is 26.3 Å². The summed E-state index contributed by atoms with van der Waals surface area (Å²) in [5, 5.41) is 0. The number of allylic oxidation sites excluding steroid dienone is 1. The average molecular weight is 156 g/mol.